The lowest BCUT2D eigenvalue weighted by molar-refractivity contribution is -0.0857. The number of morpholine rings is 1. The van der Waals surface area contributed by atoms with E-state index in [1.807, 2.05) is 44.3 Å². The highest BCUT2D eigenvalue weighted by Crippen LogP contribution is 2.36. The second kappa shape index (κ2) is 11.0. The zero-order chi connectivity index (χ0) is 28.5. The minimum Gasteiger partial charge on any atom is -0.488 e. The first-order valence-electron chi connectivity index (χ1n) is 13.6. The van der Waals surface area contributed by atoms with Gasteiger partial charge in [-0.05, 0) is 49.7 Å². The molecule has 4 aromatic rings. The van der Waals surface area contributed by atoms with Gasteiger partial charge >= 0.3 is 6.09 Å². The van der Waals surface area contributed by atoms with Crippen molar-refractivity contribution in [2.75, 3.05) is 25.1 Å². The summed E-state index contributed by atoms with van der Waals surface area (Å²) in [6.45, 7) is 5.11. The first kappa shape index (κ1) is 26.5. The molecule has 12 heteroatoms. The number of anilines is 2. The Morgan fingerprint density at radius 3 is 2.59 bits per heavy atom. The fourth-order valence-corrected chi connectivity index (χ4v) is 5.54. The van der Waals surface area contributed by atoms with Crippen molar-refractivity contribution in [2.24, 2.45) is 0 Å². The number of aryl methyl sites for hydroxylation is 1. The number of carbonyl (C=O) groups is 2. The molecule has 2 bridgehead atoms. The number of pyridine rings is 3. The minimum absolute atomic E-state index is 0.144. The number of fused-ring (bicyclic) bond motifs is 3. The molecule has 2 aliphatic rings. The predicted octanol–water partition coefficient (Wildman–Crippen LogP) is 3.88. The lowest BCUT2D eigenvalue weighted by atomic mass is 9.92. The van der Waals surface area contributed by atoms with Crippen molar-refractivity contribution < 1.29 is 24.2 Å². The third-order valence-electron chi connectivity index (χ3n) is 7.39. The smallest absolute Gasteiger partial charge is 0.407 e. The number of carbonyl (C=O) groups excluding carboxylic acids is 1. The second-order valence-corrected chi connectivity index (χ2v) is 10.3. The summed E-state index contributed by atoms with van der Waals surface area (Å²) in [5, 5.41) is 20.2. The average Bonchev–Trinajstić information content (AvgIpc) is 3.35. The van der Waals surface area contributed by atoms with Crippen LogP contribution in [0.5, 0.6) is 5.75 Å². The van der Waals surface area contributed by atoms with Crippen LogP contribution in [-0.4, -0.2) is 79.5 Å². The molecule has 6 heterocycles. The highest BCUT2D eigenvalue weighted by Gasteiger charge is 2.42. The molecule has 212 valence electrons. The quantitative estimate of drug-likeness (QED) is 0.308. The fraction of sp³-hybridized carbons (Fsp3) is 0.345. The largest absolute Gasteiger partial charge is 0.488 e. The third kappa shape index (κ3) is 5.50. The second-order valence-electron chi connectivity index (χ2n) is 10.3. The predicted molar refractivity (Wildman–Crippen MR) is 151 cm³/mol. The van der Waals surface area contributed by atoms with Crippen LogP contribution in [0.1, 0.15) is 35.8 Å². The Labute approximate surface area is 236 Å². The summed E-state index contributed by atoms with van der Waals surface area (Å²) in [6, 6.07) is 10.9. The van der Waals surface area contributed by atoms with Crippen LogP contribution in [0.15, 0.2) is 55.0 Å². The van der Waals surface area contributed by atoms with Gasteiger partial charge in [-0.15, -0.1) is 0 Å². The normalized spacial score (nSPS) is 20.0. The van der Waals surface area contributed by atoms with Crippen molar-refractivity contribution in [3.8, 4) is 16.9 Å². The summed E-state index contributed by atoms with van der Waals surface area (Å²) in [4.78, 5) is 34.1. The molecule has 4 aromatic heterocycles. The standard InChI is InChI=1S/C29H31N7O5/c1-3-30-28(37)19-4-5-26(32-13-19)33-27-12-20-9-18(6-7-35(20)34-27)24-8-17(2)31-14-25(24)41-23-10-21-15-40-16-22(11-23)36(21)29(38)39/h4-9,12-14,21-23H,3,10-11,15-16H2,1-2H3,(H,30,37)(H,38,39)(H,32,33,34)/t21-,22+,23-. The number of amides is 2. The number of hydrogen-bond donors (Lipinski definition) is 3. The van der Waals surface area contributed by atoms with Gasteiger partial charge in [0, 0.05) is 49.1 Å². The molecule has 2 aliphatic heterocycles. The van der Waals surface area contributed by atoms with Crippen molar-refractivity contribution in [1.82, 2.24) is 29.8 Å². The van der Waals surface area contributed by atoms with Crippen LogP contribution in [0.25, 0.3) is 16.6 Å². The molecule has 0 spiro atoms. The van der Waals surface area contributed by atoms with Gasteiger partial charge in [0.25, 0.3) is 5.91 Å². The van der Waals surface area contributed by atoms with Gasteiger partial charge in [0.15, 0.2) is 5.82 Å². The van der Waals surface area contributed by atoms with E-state index in [9.17, 15) is 14.7 Å². The van der Waals surface area contributed by atoms with E-state index >= 15 is 0 Å². The summed E-state index contributed by atoms with van der Waals surface area (Å²) in [6.07, 6.45) is 5.22. The van der Waals surface area contributed by atoms with Crippen LogP contribution in [0.4, 0.5) is 16.4 Å². The summed E-state index contributed by atoms with van der Waals surface area (Å²) in [7, 11) is 0. The van der Waals surface area contributed by atoms with Gasteiger partial charge in [-0.1, -0.05) is 0 Å². The molecule has 3 atom stereocenters. The Kier molecular flexibility index (Phi) is 7.14. The molecule has 0 aromatic carbocycles. The zero-order valence-electron chi connectivity index (χ0n) is 22.8. The monoisotopic (exact) mass is 557 g/mol. The van der Waals surface area contributed by atoms with Gasteiger partial charge in [-0.2, -0.15) is 5.10 Å². The van der Waals surface area contributed by atoms with Crippen LogP contribution in [0.3, 0.4) is 0 Å². The Morgan fingerprint density at radius 1 is 1.07 bits per heavy atom. The van der Waals surface area contributed by atoms with Crippen molar-refractivity contribution in [2.45, 2.75) is 44.9 Å². The SMILES string of the molecule is CCNC(=O)c1ccc(Nc2cc3cc(-c4cc(C)ncc4O[C@H]4C[C@H]5COC[C@@H](C4)N5C(=O)O)ccn3n2)nc1. The highest BCUT2D eigenvalue weighted by atomic mass is 16.5. The number of hydrogen-bond acceptors (Lipinski definition) is 8. The van der Waals surface area contributed by atoms with E-state index in [-0.39, 0.29) is 24.1 Å². The highest BCUT2D eigenvalue weighted by molar-refractivity contribution is 5.94. The van der Waals surface area contributed by atoms with E-state index < -0.39 is 6.09 Å². The van der Waals surface area contributed by atoms with Crippen molar-refractivity contribution in [3.63, 3.8) is 0 Å². The molecule has 2 amide bonds. The maximum Gasteiger partial charge on any atom is 0.407 e. The Balaban J connectivity index is 1.21. The average molecular weight is 558 g/mol. The molecule has 2 fully saturated rings. The molecule has 2 saturated heterocycles. The van der Waals surface area contributed by atoms with Gasteiger partial charge in [0.2, 0.25) is 0 Å². The Bertz CT molecular complexity index is 1570. The molecule has 0 saturated carbocycles. The third-order valence-corrected chi connectivity index (χ3v) is 7.39. The number of aromatic nitrogens is 4. The topological polar surface area (TPSA) is 143 Å². The van der Waals surface area contributed by atoms with Crippen LogP contribution >= 0.6 is 0 Å². The zero-order valence-corrected chi connectivity index (χ0v) is 22.8. The number of ether oxygens (including phenoxy) is 2. The van der Waals surface area contributed by atoms with E-state index in [0.717, 1.165) is 22.3 Å². The lowest BCUT2D eigenvalue weighted by Crippen LogP contribution is -2.60. The minimum atomic E-state index is -0.908. The maximum atomic E-state index is 12.0. The summed E-state index contributed by atoms with van der Waals surface area (Å²) >= 11 is 0. The van der Waals surface area contributed by atoms with Crippen LogP contribution < -0.4 is 15.4 Å². The lowest BCUT2D eigenvalue weighted by Gasteiger charge is -2.46. The van der Waals surface area contributed by atoms with Gasteiger partial charge in [-0.25, -0.2) is 14.3 Å². The van der Waals surface area contributed by atoms with Gasteiger partial charge in [-0.3, -0.25) is 14.7 Å². The van der Waals surface area contributed by atoms with Gasteiger partial charge in [0.05, 0.1) is 42.6 Å². The first-order valence-corrected chi connectivity index (χ1v) is 13.6. The molecule has 3 N–H and O–H groups in total. The van der Waals surface area contributed by atoms with E-state index in [1.165, 1.54) is 11.1 Å². The molecule has 6 rings (SSSR count). The molecule has 0 unspecified atom stereocenters. The summed E-state index contributed by atoms with van der Waals surface area (Å²) in [5.41, 5.74) is 4.06. The Morgan fingerprint density at radius 2 is 1.88 bits per heavy atom. The summed E-state index contributed by atoms with van der Waals surface area (Å²) < 4.78 is 13.9. The number of nitrogens with one attached hydrogen (secondary N) is 2. The molecular weight excluding hydrogens is 526 g/mol. The van der Waals surface area contributed by atoms with E-state index in [1.54, 1.807) is 22.8 Å². The van der Waals surface area contributed by atoms with E-state index in [2.05, 4.69) is 25.7 Å². The van der Waals surface area contributed by atoms with Gasteiger partial charge < -0.3 is 25.2 Å². The van der Waals surface area contributed by atoms with Crippen LogP contribution in [-0.2, 0) is 4.74 Å². The van der Waals surface area contributed by atoms with Crippen molar-refractivity contribution >= 4 is 29.2 Å². The Hall–Kier alpha value is -4.71. The molecular formula is C29H31N7O5. The molecule has 0 aliphatic carbocycles. The van der Waals surface area contributed by atoms with E-state index in [0.29, 0.717) is 55.5 Å². The van der Waals surface area contributed by atoms with Crippen LogP contribution in [0, 0.1) is 6.92 Å². The number of rotatable bonds is 7. The molecule has 0 radical (unpaired) electrons. The summed E-state index contributed by atoms with van der Waals surface area (Å²) in [5.74, 6) is 1.68. The maximum absolute atomic E-state index is 12.0. The van der Waals surface area contributed by atoms with Crippen LogP contribution in [0.2, 0.25) is 0 Å². The fourth-order valence-electron chi connectivity index (χ4n) is 5.54. The van der Waals surface area contributed by atoms with Gasteiger partial charge in [0.1, 0.15) is 17.7 Å². The van der Waals surface area contributed by atoms with E-state index in [4.69, 9.17) is 9.47 Å². The number of piperidine rings is 1. The van der Waals surface area contributed by atoms with Crippen molar-refractivity contribution in [3.05, 3.63) is 66.2 Å². The number of nitrogens with zero attached hydrogens (tertiary/aromatic N) is 5. The number of carboxylic acid groups (broad SMARTS) is 1. The molecule has 12 nitrogen and oxygen atoms in total. The molecule has 41 heavy (non-hydrogen) atoms. The first-order chi connectivity index (χ1) is 19.9. The van der Waals surface area contributed by atoms with Crippen molar-refractivity contribution in [1.29, 1.82) is 0 Å².